The predicted octanol–water partition coefficient (Wildman–Crippen LogP) is 2.83. The van der Waals surface area contributed by atoms with Crippen molar-refractivity contribution >= 4 is 10.9 Å². The van der Waals surface area contributed by atoms with Crippen LogP contribution >= 0.6 is 0 Å². The largest absolute Gasteiger partial charge is 0.255 e. The maximum absolute atomic E-state index is 5.33. The number of hydrogen-bond donors (Lipinski definition) is 0. The minimum atomic E-state index is 0.836. The predicted molar refractivity (Wildman–Crippen MR) is 59.2 cm³/mol. The Morgan fingerprint density at radius 1 is 1.21 bits per heavy atom. The van der Waals surface area contributed by atoms with Crippen molar-refractivity contribution in [2.24, 2.45) is 0 Å². The molecule has 0 amide bonds. The van der Waals surface area contributed by atoms with Crippen molar-refractivity contribution in [1.82, 2.24) is 4.98 Å². The van der Waals surface area contributed by atoms with E-state index in [1.165, 1.54) is 11.1 Å². The minimum Gasteiger partial charge on any atom is -0.255 e. The zero-order valence-corrected chi connectivity index (χ0v) is 8.33. The number of fused-ring (bicyclic) bond motifs is 1. The molecule has 1 nitrogen and oxygen atoms in total. The Kier molecular flexibility index (Phi) is 1.98. The quantitative estimate of drug-likeness (QED) is 0.569. The van der Waals surface area contributed by atoms with Gasteiger partial charge in [0.2, 0.25) is 0 Å². The van der Waals surface area contributed by atoms with E-state index in [0.29, 0.717) is 0 Å². The van der Waals surface area contributed by atoms with E-state index in [0.717, 1.165) is 16.5 Å². The summed E-state index contributed by atoms with van der Waals surface area (Å²) < 4.78 is 0. The first-order valence-corrected chi connectivity index (χ1v) is 4.54. The summed E-state index contributed by atoms with van der Waals surface area (Å²) in [5.41, 5.74) is 4.31. The van der Waals surface area contributed by atoms with Crippen LogP contribution in [0, 0.1) is 26.2 Å². The van der Waals surface area contributed by atoms with Crippen LogP contribution < -0.4 is 0 Å². The van der Waals surface area contributed by atoms with Gasteiger partial charge < -0.3 is 0 Å². The van der Waals surface area contributed by atoms with E-state index in [9.17, 15) is 0 Å². The SMILES string of the molecule is C#Cc1cnc2c(C)cc(C)cc2c1. The third-order valence-electron chi connectivity index (χ3n) is 2.28. The molecule has 0 atom stereocenters. The lowest BCUT2D eigenvalue weighted by atomic mass is 10.1. The summed E-state index contributed by atoms with van der Waals surface area (Å²) in [7, 11) is 0. The molecule has 2 aromatic rings. The van der Waals surface area contributed by atoms with Gasteiger partial charge in [-0.05, 0) is 31.5 Å². The lowest BCUT2D eigenvalue weighted by molar-refractivity contribution is 1.33. The van der Waals surface area contributed by atoms with Gasteiger partial charge in [0.25, 0.3) is 0 Å². The molecule has 1 heterocycles. The number of pyridine rings is 1. The van der Waals surface area contributed by atoms with E-state index >= 15 is 0 Å². The van der Waals surface area contributed by atoms with Crippen LogP contribution in [0.3, 0.4) is 0 Å². The van der Waals surface area contributed by atoms with Crippen molar-refractivity contribution in [3.63, 3.8) is 0 Å². The molecule has 14 heavy (non-hydrogen) atoms. The lowest BCUT2D eigenvalue weighted by Gasteiger charge is -2.03. The molecule has 1 aromatic carbocycles. The molecule has 1 heteroatoms. The Balaban J connectivity index is 2.83. The maximum Gasteiger partial charge on any atom is 0.0732 e. The summed E-state index contributed by atoms with van der Waals surface area (Å²) in [5, 5.41) is 1.12. The Morgan fingerprint density at radius 3 is 2.71 bits per heavy atom. The molecule has 2 rings (SSSR count). The molecule has 0 saturated carbocycles. The highest BCUT2D eigenvalue weighted by Gasteiger charge is 2.00. The van der Waals surface area contributed by atoms with Crippen LogP contribution in [0.5, 0.6) is 0 Å². The second-order valence-corrected chi connectivity index (χ2v) is 3.52. The molecule has 0 aliphatic carbocycles. The van der Waals surface area contributed by atoms with Crippen molar-refractivity contribution in [3.8, 4) is 12.3 Å². The van der Waals surface area contributed by atoms with Crippen molar-refractivity contribution < 1.29 is 0 Å². The summed E-state index contributed by atoms with van der Waals surface area (Å²) in [4.78, 5) is 4.35. The number of nitrogens with zero attached hydrogens (tertiary/aromatic N) is 1. The normalized spacial score (nSPS) is 10.1. The lowest BCUT2D eigenvalue weighted by Crippen LogP contribution is -1.86. The fraction of sp³-hybridized carbons (Fsp3) is 0.154. The summed E-state index contributed by atoms with van der Waals surface area (Å²) in [6, 6.07) is 6.24. The van der Waals surface area contributed by atoms with Gasteiger partial charge in [-0.3, -0.25) is 4.98 Å². The fourth-order valence-corrected chi connectivity index (χ4v) is 1.70. The van der Waals surface area contributed by atoms with Crippen LogP contribution in [0.15, 0.2) is 24.4 Å². The van der Waals surface area contributed by atoms with Crippen LogP contribution in [0.1, 0.15) is 16.7 Å². The molecule has 0 fully saturated rings. The van der Waals surface area contributed by atoms with Crippen molar-refractivity contribution in [2.75, 3.05) is 0 Å². The maximum atomic E-state index is 5.33. The molecule has 0 aliphatic heterocycles. The number of hydrogen-bond acceptors (Lipinski definition) is 1. The molecule has 0 aliphatic rings. The standard InChI is InChI=1S/C13H11N/c1-4-11-7-12-6-9(2)5-10(3)13(12)14-8-11/h1,5-8H,2-3H3. The van der Waals surface area contributed by atoms with Crippen molar-refractivity contribution in [2.45, 2.75) is 13.8 Å². The molecular formula is C13H11N. The topological polar surface area (TPSA) is 12.9 Å². The van der Waals surface area contributed by atoms with E-state index in [1.54, 1.807) is 6.20 Å². The zero-order valence-electron chi connectivity index (χ0n) is 8.33. The first-order valence-electron chi connectivity index (χ1n) is 4.54. The van der Waals surface area contributed by atoms with E-state index in [1.807, 2.05) is 6.07 Å². The van der Waals surface area contributed by atoms with Gasteiger partial charge in [-0.25, -0.2) is 0 Å². The van der Waals surface area contributed by atoms with Crippen molar-refractivity contribution in [1.29, 1.82) is 0 Å². The Hall–Kier alpha value is -1.81. The second-order valence-electron chi connectivity index (χ2n) is 3.52. The van der Waals surface area contributed by atoms with E-state index in [4.69, 9.17) is 6.42 Å². The van der Waals surface area contributed by atoms with Gasteiger partial charge in [-0.1, -0.05) is 17.6 Å². The number of benzene rings is 1. The molecule has 1 aromatic heterocycles. The van der Waals surface area contributed by atoms with Gasteiger partial charge in [0, 0.05) is 17.1 Å². The van der Waals surface area contributed by atoms with Crippen LogP contribution in [0.25, 0.3) is 10.9 Å². The summed E-state index contributed by atoms with van der Waals surface area (Å²) in [6.07, 6.45) is 7.07. The molecule has 0 radical (unpaired) electrons. The molecule has 0 bridgehead atoms. The Bertz CT molecular complexity index is 533. The van der Waals surface area contributed by atoms with E-state index < -0.39 is 0 Å². The van der Waals surface area contributed by atoms with Gasteiger partial charge in [-0.15, -0.1) is 6.42 Å². The fourth-order valence-electron chi connectivity index (χ4n) is 1.70. The number of aromatic nitrogens is 1. The van der Waals surface area contributed by atoms with Crippen LogP contribution in [0.4, 0.5) is 0 Å². The first kappa shape index (κ1) is 8.77. The first-order chi connectivity index (χ1) is 6.70. The molecule has 0 spiro atoms. The average molecular weight is 181 g/mol. The van der Waals surface area contributed by atoms with Gasteiger partial charge >= 0.3 is 0 Å². The third-order valence-corrected chi connectivity index (χ3v) is 2.28. The number of rotatable bonds is 0. The van der Waals surface area contributed by atoms with Gasteiger partial charge in [0.1, 0.15) is 0 Å². The molecule has 68 valence electrons. The van der Waals surface area contributed by atoms with Crippen LogP contribution in [-0.4, -0.2) is 4.98 Å². The minimum absolute atomic E-state index is 0.836. The average Bonchev–Trinajstić information content (AvgIpc) is 2.16. The smallest absolute Gasteiger partial charge is 0.0732 e. The second kappa shape index (κ2) is 3.16. The summed E-state index contributed by atoms with van der Waals surface area (Å²) in [5.74, 6) is 2.60. The molecule has 0 unspecified atom stereocenters. The van der Waals surface area contributed by atoms with Gasteiger partial charge in [-0.2, -0.15) is 0 Å². The highest BCUT2D eigenvalue weighted by molar-refractivity contribution is 5.83. The molecule has 0 saturated heterocycles. The molecular weight excluding hydrogens is 170 g/mol. The Morgan fingerprint density at radius 2 is 2.00 bits per heavy atom. The number of aryl methyl sites for hydroxylation is 2. The highest BCUT2D eigenvalue weighted by Crippen LogP contribution is 2.18. The van der Waals surface area contributed by atoms with E-state index in [-0.39, 0.29) is 0 Å². The summed E-state index contributed by atoms with van der Waals surface area (Å²) in [6.45, 7) is 4.15. The van der Waals surface area contributed by atoms with Crippen molar-refractivity contribution in [3.05, 3.63) is 41.1 Å². The van der Waals surface area contributed by atoms with Crippen LogP contribution in [0.2, 0.25) is 0 Å². The van der Waals surface area contributed by atoms with Gasteiger partial charge in [0.15, 0.2) is 0 Å². The molecule has 0 N–H and O–H groups in total. The van der Waals surface area contributed by atoms with E-state index in [2.05, 4.69) is 36.9 Å². The monoisotopic (exact) mass is 181 g/mol. The third kappa shape index (κ3) is 1.36. The Labute approximate surface area is 83.8 Å². The summed E-state index contributed by atoms with van der Waals surface area (Å²) >= 11 is 0. The van der Waals surface area contributed by atoms with Gasteiger partial charge in [0.05, 0.1) is 5.52 Å². The zero-order chi connectivity index (χ0) is 10.1. The number of terminal acetylenes is 1. The highest BCUT2D eigenvalue weighted by atomic mass is 14.7. The van der Waals surface area contributed by atoms with Crippen LogP contribution in [-0.2, 0) is 0 Å².